The Labute approximate surface area is 352 Å². The molecule has 0 aromatic rings. The number of ether oxygens (including phenoxy) is 2. The maximum absolute atomic E-state index is 12.9. The van der Waals surface area contributed by atoms with Gasteiger partial charge < -0.3 is 40.3 Å². The first-order valence-electron chi connectivity index (χ1n) is 22.8. The third kappa shape index (κ3) is 28.7. The molecule has 7 unspecified atom stereocenters. The van der Waals surface area contributed by atoms with Crippen molar-refractivity contribution < 1.29 is 39.8 Å². The van der Waals surface area contributed by atoms with Gasteiger partial charge in [0.1, 0.15) is 24.4 Å². The standard InChI is InChI=1S/C49H83NO8/c1-3-5-7-9-11-13-15-17-18-19-20-21-22-23-24-25-27-28-30-32-34-36-38-43(52)42(41-57-49-48(56)47(55)46(54)44(40-51)58-49)50-45(53)39-37-35-33-31-29-26-16-14-12-10-8-6-4-2/h6,8,12,14,23-24,26,28-30,33,35-36,38,42-44,46-49,51-52,54-56H,3-5,7,9-11,13,15-22,25,27,31-32,34,37,39-41H2,1-2H3,(H,50,53)/b8-6-,14-12-,24-23+,29-26-,30-28+,35-33-,38-36+. The number of hydrogen-bond donors (Lipinski definition) is 6. The monoisotopic (exact) mass is 814 g/mol. The van der Waals surface area contributed by atoms with Gasteiger partial charge in [-0.05, 0) is 70.6 Å². The van der Waals surface area contributed by atoms with Crippen LogP contribution in [0.4, 0.5) is 0 Å². The molecule has 1 aliphatic rings. The highest BCUT2D eigenvalue weighted by Gasteiger charge is 2.44. The molecule has 1 heterocycles. The van der Waals surface area contributed by atoms with Crippen LogP contribution in [-0.4, -0.2) is 87.5 Å². The molecule has 0 aliphatic carbocycles. The summed E-state index contributed by atoms with van der Waals surface area (Å²) in [7, 11) is 0. The Bertz CT molecular complexity index is 1180. The van der Waals surface area contributed by atoms with Crippen LogP contribution in [0.2, 0.25) is 0 Å². The van der Waals surface area contributed by atoms with Gasteiger partial charge in [0.15, 0.2) is 6.29 Å². The Balaban J connectivity index is 2.43. The molecule has 0 radical (unpaired) electrons. The average Bonchev–Trinajstić information content (AvgIpc) is 3.22. The lowest BCUT2D eigenvalue weighted by Gasteiger charge is -2.40. The molecule has 0 aromatic carbocycles. The highest BCUT2D eigenvalue weighted by Crippen LogP contribution is 2.22. The van der Waals surface area contributed by atoms with E-state index in [2.05, 4.69) is 79.9 Å². The van der Waals surface area contributed by atoms with Crippen molar-refractivity contribution in [3.8, 4) is 0 Å². The summed E-state index contributed by atoms with van der Waals surface area (Å²) in [5.74, 6) is -0.275. The molecule has 58 heavy (non-hydrogen) atoms. The third-order valence-corrected chi connectivity index (χ3v) is 10.2. The van der Waals surface area contributed by atoms with Crippen molar-refractivity contribution in [2.24, 2.45) is 0 Å². The van der Waals surface area contributed by atoms with Crippen molar-refractivity contribution in [3.63, 3.8) is 0 Å². The highest BCUT2D eigenvalue weighted by molar-refractivity contribution is 5.76. The Morgan fingerprint density at radius 2 is 1.09 bits per heavy atom. The molecule has 1 aliphatic heterocycles. The third-order valence-electron chi connectivity index (χ3n) is 10.2. The molecule has 0 aromatic heterocycles. The topological polar surface area (TPSA) is 149 Å². The Morgan fingerprint density at radius 1 is 0.603 bits per heavy atom. The number of carbonyl (C=O) groups excluding carboxylic acids is 1. The van der Waals surface area contributed by atoms with E-state index in [1.165, 1.54) is 77.0 Å². The van der Waals surface area contributed by atoms with Gasteiger partial charge in [-0.15, -0.1) is 0 Å². The SMILES string of the molecule is CC/C=C\C/C=C\C/C=C\C/C=C\CCC(=O)NC(COC1OC(CO)C(O)C(O)C1O)C(O)/C=C/CC/C=C/CC/C=C/CCCCCCCCCCCCCC. The van der Waals surface area contributed by atoms with Gasteiger partial charge in [-0.2, -0.15) is 0 Å². The number of aliphatic hydroxyl groups excluding tert-OH is 5. The number of rotatable bonds is 36. The van der Waals surface area contributed by atoms with Crippen LogP contribution in [0.15, 0.2) is 85.1 Å². The molecule has 9 nitrogen and oxygen atoms in total. The first-order chi connectivity index (χ1) is 28.3. The van der Waals surface area contributed by atoms with E-state index >= 15 is 0 Å². The van der Waals surface area contributed by atoms with Crippen molar-refractivity contribution in [1.29, 1.82) is 0 Å². The van der Waals surface area contributed by atoms with Crippen LogP contribution in [0.25, 0.3) is 0 Å². The fraction of sp³-hybridized carbons (Fsp3) is 0.694. The zero-order valence-electron chi connectivity index (χ0n) is 36.3. The van der Waals surface area contributed by atoms with Gasteiger partial charge in [0, 0.05) is 6.42 Å². The van der Waals surface area contributed by atoms with Crippen LogP contribution in [0.3, 0.4) is 0 Å². The summed E-state index contributed by atoms with van der Waals surface area (Å²) in [5, 5.41) is 54.0. The molecule has 0 saturated carbocycles. The lowest BCUT2D eigenvalue weighted by molar-refractivity contribution is -0.302. The fourth-order valence-corrected chi connectivity index (χ4v) is 6.55. The van der Waals surface area contributed by atoms with Gasteiger partial charge in [-0.25, -0.2) is 0 Å². The second-order valence-corrected chi connectivity index (χ2v) is 15.4. The van der Waals surface area contributed by atoms with E-state index in [4.69, 9.17) is 9.47 Å². The highest BCUT2D eigenvalue weighted by atomic mass is 16.7. The lowest BCUT2D eigenvalue weighted by Crippen LogP contribution is -2.60. The predicted molar refractivity (Wildman–Crippen MR) is 239 cm³/mol. The van der Waals surface area contributed by atoms with E-state index < -0.39 is 49.5 Å². The van der Waals surface area contributed by atoms with E-state index in [1.807, 2.05) is 18.2 Å². The van der Waals surface area contributed by atoms with Gasteiger partial charge in [-0.3, -0.25) is 4.79 Å². The molecule has 332 valence electrons. The fourth-order valence-electron chi connectivity index (χ4n) is 6.55. The molecule has 0 spiro atoms. The number of carbonyl (C=O) groups is 1. The molecule has 1 fully saturated rings. The summed E-state index contributed by atoms with van der Waals surface area (Å²) in [4.78, 5) is 12.9. The zero-order valence-corrected chi connectivity index (χ0v) is 36.3. The molecule has 9 heteroatoms. The normalized spacial score (nSPS) is 21.7. The number of nitrogens with one attached hydrogen (secondary N) is 1. The first-order valence-corrected chi connectivity index (χ1v) is 22.8. The quantitative estimate of drug-likeness (QED) is 0.0271. The number of unbranched alkanes of at least 4 members (excludes halogenated alkanes) is 14. The van der Waals surface area contributed by atoms with Crippen molar-refractivity contribution in [2.45, 2.75) is 204 Å². The van der Waals surface area contributed by atoms with E-state index in [1.54, 1.807) is 6.08 Å². The summed E-state index contributed by atoms with van der Waals surface area (Å²) in [6.45, 7) is 3.57. The van der Waals surface area contributed by atoms with Crippen molar-refractivity contribution in [3.05, 3.63) is 85.1 Å². The summed E-state index contributed by atoms with van der Waals surface area (Å²) in [6, 6.07) is -0.870. The van der Waals surface area contributed by atoms with Crippen molar-refractivity contribution >= 4 is 5.91 Å². The number of aliphatic hydroxyl groups is 5. The molecule has 0 bridgehead atoms. The van der Waals surface area contributed by atoms with Crippen LogP contribution in [0.1, 0.15) is 162 Å². The molecule has 1 amide bonds. The molecule has 1 saturated heterocycles. The number of amides is 1. The second-order valence-electron chi connectivity index (χ2n) is 15.4. The van der Waals surface area contributed by atoms with E-state index in [-0.39, 0.29) is 18.9 Å². The molecule has 7 atom stereocenters. The number of hydrogen-bond acceptors (Lipinski definition) is 8. The summed E-state index contributed by atoms with van der Waals surface area (Å²) < 4.78 is 11.1. The molecule has 1 rings (SSSR count). The van der Waals surface area contributed by atoms with Gasteiger partial charge >= 0.3 is 0 Å². The first kappa shape index (κ1) is 53.4. The van der Waals surface area contributed by atoms with Gasteiger partial charge in [-0.1, -0.05) is 170 Å². The summed E-state index contributed by atoms with van der Waals surface area (Å²) in [6.07, 6.45) is 46.5. The van der Waals surface area contributed by atoms with Gasteiger partial charge in [0.05, 0.1) is 25.4 Å². The molecular formula is C49H83NO8. The Morgan fingerprint density at radius 3 is 1.64 bits per heavy atom. The minimum Gasteiger partial charge on any atom is -0.394 e. The lowest BCUT2D eigenvalue weighted by atomic mass is 9.99. The van der Waals surface area contributed by atoms with Crippen LogP contribution >= 0.6 is 0 Å². The zero-order chi connectivity index (χ0) is 42.3. The van der Waals surface area contributed by atoms with E-state index in [9.17, 15) is 30.3 Å². The minimum atomic E-state index is -1.59. The number of allylic oxidation sites excluding steroid dienone is 13. The van der Waals surface area contributed by atoms with Crippen LogP contribution in [-0.2, 0) is 14.3 Å². The molecular weight excluding hydrogens is 731 g/mol. The smallest absolute Gasteiger partial charge is 0.220 e. The van der Waals surface area contributed by atoms with E-state index in [0.29, 0.717) is 12.8 Å². The van der Waals surface area contributed by atoms with Crippen LogP contribution < -0.4 is 5.32 Å². The summed E-state index contributed by atoms with van der Waals surface area (Å²) in [5.41, 5.74) is 0. The second kappa shape index (κ2) is 38.6. The van der Waals surface area contributed by atoms with Crippen molar-refractivity contribution in [2.75, 3.05) is 13.2 Å². The Hall–Kier alpha value is -2.63. The van der Waals surface area contributed by atoms with E-state index in [0.717, 1.165) is 51.4 Å². The van der Waals surface area contributed by atoms with Gasteiger partial charge in [0.25, 0.3) is 0 Å². The summed E-state index contributed by atoms with van der Waals surface area (Å²) >= 11 is 0. The van der Waals surface area contributed by atoms with Gasteiger partial charge in [0.2, 0.25) is 5.91 Å². The maximum Gasteiger partial charge on any atom is 0.220 e. The van der Waals surface area contributed by atoms with Crippen molar-refractivity contribution in [1.82, 2.24) is 5.32 Å². The largest absolute Gasteiger partial charge is 0.394 e. The average molecular weight is 814 g/mol. The predicted octanol–water partition coefficient (Wildman–Crippen LogP) is 9.55. The van der Waals surface area contributed by atoms with Crippen LogP contribution in [0.5, 0.6) is 0 Å². The van der Waals surface area contributed by atoms with Crippen LogP contribution in [0, 0.1) is 0 Å². The maximum atomic E-state index is 12.9. The minimum absolute atomic E-state index is 0.209. The molecule has 6 N–H and O–H groups in total. The Kier molecular flexibility index (Phi) is 35.5.